The van der Waals surface area contributed by atoms with Gasteiger partial charge in [-0.15, -0.1) is 0 Å². The van der Waals surface area contributed by atoms with Gasteiger partial charge in [0.1, 0.15) is 0 Å². The monoisotopic (exact) mass is 363 g/mol. The molecule has 0 fully saturated rings. The lowest BCUT2D eigenvalue weighted by atomic mass is 10.1. The standard InChI is InChI=1S/C22H25N3O2/c1-16-9-10-17(2)20(15-16)23-21(26)13-14-22(27)25-24-18(3)11-12-19-7-5-4-6-8-19/h4-12,15H,13-14H2,1-3H3,(H,23,26)(H,25,27)/b12-11+,24-18+. The number of allylic oxidation sites excluding steroid dienone is 1. The molecule has 0 heterocycles. The Hall–Kier alpha value is -3.21. The molecule has 0 atom stereocenters. The summed E-state index contributed by atoms with van der Waals surface area (Å²) >= 11 is 0. The average Bonchev–Trinajstić information content (AvgIpc) is 2.66. The lowest BCUT2D eigenvalue weighted by Crippen LogP contribution is -2.21. The highest BCUT2D eigenvalue weighted by Crippen LogP contribution is 2.16. The molecular weight excluding hydrogens is 338 g/mol. The predicted molar refractivity (Wildman–Crippen MR) is 111 cm³/mol. The van der Waals surface area contributed by atoms with Gasteiger partial charge in [-0.1, -0.05) is 48.5 Å². The highest BCUT2D eigenvalue weighted by molar-refractivity contribution is 5.97. The van der Waals surface area contributed by atoms with Crippen LogP contribution in [0.2, 0.25) is 0 Å². The van der Waals surface area contributed by atoms with E-state index < -0.39 is 0 Å². The first kappa shape index (κ1) is 20.1. The zero-order valence-electron chi connectivity index (χ0n) is 16.0. The van der Waals surface area contributed by atoms with Crippen LogP contribution in [0.5, 0.6) is 0 Å². The van der Waals surface area contributed by atoms with Gasteiger partial charge in [-0.05, 0) is 49.6 Å². The van der Waals surface area contributed by atoms with Gasteiger partial charge in [-0.2, -0.15) is 5.10 Å². The third kappa shape index (κ3) is 7.28. The predicted octanol–water partition coefficient (Wildman–Crippen LogP) is 4.23. The van der Waals surface area contributed by atoms with Crippen LogP contribution in [0.1, 0.15) is 36.5 Å². The number of hydrazone groups is 1. The molecule has 0 aliphatic carbocycles. The van der Waals surface area contributed by atoms with Crippen molar-refractivity contribution in [1.29, 1.82) is 0 Å². The number of aryl methyl sites for hydroxylation is 2. The van der Waals surface area contributed by atoms with Crippen molar-refractivity contribution >= 4 is 29.3 Å². The molecule has 5 heteroatoms. The molecule has 5 nitrogen and oxygen atoms in total. The minimum absolute atomic E-state index is 0.0792. The van der Waals surface area contributed by atoms with Gasteiger partial charge in [0.25, 0.3) is 0 Å². The fourth-order valence-corrected chi connectivity index (χ4v) is 2.33. The molecule has 0 unspecified atom stereocenters. The zero-order chi connectivity index (χ0) is 19.6. The Morgan fingerprint density at radius 3 is 2.44 bits per heavy atom. The zero-order valence-corrected chi connectivity index (χ0v) is 16.0. The van der Waals surface area contributed by atoms with Gasteiger partial charge in [0, 0.05) is 18.5 Å². The lowest BCUT2D eigenvalue weighted by Gasteiger charge is -2.09. The van der Waals surface area contributed by atoms with Gasteiger partial charge in [0.2, 0.25) is 11.8 Å². The van der Waals surface area contributed by atoms with E-state index in [1.165, 1.54) is 0 Å². The number of anilines is 1. The van der Waals surface area contributed by atoms with Crippen LogP contribution in [-0.2, 0) is 9.59 Å². The van der Waals surface area contributed by atoms with Crippen molar-refractivity contribution in [3.05, 3.63) is 71.3 Å². The summed E-state index contributed by atoms with van der Waals surface area (Å²) in [5.41, 5.74) is 7.05. The molecule has 0 radical (unpaired) electrons. The molecule has 0 aromatic heterocycles. The molecule has 0 aliphatic heterocycles. The fraction of sp³-hybridized carbons (Fsp3) is 0.227. The van der Waals surface area contributed by atoms with E-state index >= 15 is 0 Å². The third-order valence-corrected chi connectivity index (χ3v) is 3.92. The van der Waals surface area contributed by atoms with E-state index in [2.05, 4.69) is 15.8 Å². The molecule has 2 rings (SSSR count). The number of carbonyl (C=O) groups is 2. The molecule has 27 heavy (non-hydrogen) atoms. The maximum absolute atomic E-state index is 12.0. The second-order valence-electron chi connectivity index (χ2n) is 6.40. The number of nitrogens with one attached hydrogen (secondary N) is 2. The SMILES string of the molecule is CC(/C=C/c1ccccc1)=N\NC(=O)CCC(=O)Nc1cc(C)ccc1C. The quantitative estimate of drug-likeness (QED) is 0.571. The van der Waals surface area contributed by atoms with Crippen molar-refractivity contribution < 1.29 is 9.59 Å². The van der Waals surface area contributed by atoms with Gasteiger partial charge in [-0.3, -0.25) is 9.59 Å². The second-order valence-corrected chi connectivity index (χ2v) is 6.40. The highest BCUT2D eigenvalue weighted by atomic mass is 16.2. The molecule has 2 amide bonds. The van der Waals surface area contributed by atoms with Crippen LogP contribution in [0, 0.1) is 13.8 Å². The van der Waals surface area contributed by atoms with E-state index in [1.807, 2.05) is 74.5 Å². The first-order valence-electron chi connectivity index (χ1n) is 8.87. The van der Waals surface area contributed by atoms with Crippen LogP contribution in [0.15, 0.2) is 59.7 Å². The summed E-state index contributed by atoms with van der Waals surface area (Å²) in [5.74, 6) is -0.484. The summed E-state index contributed by atoms with van der Waals surface area (Å²) < 4.78 is 0. The largest absolute Gasteiger partial charge is 0.326 e. The summed E-state index contributed by atoms with van der Waals surface area (Å²) in [6.07, 6.45) is 3.93. The Morgan fingerprint density at radius 1 is 1.00 bits per heavy atom. The average molecular weight is 363 g/mol. The van der Waals surface area contributed by atoms with Gasteiger partial charge >= 0.3 is 0 Å². The lowest BCUT2D eigenvalue weighted by molar-refractivity contribution is -0.124. The molecule has 2 aromatic carbocycles. The van der Waals surface area contributed by atoms with Crippen molar-refractivity contribution in [2.75, 3.05) is 5.32 Å². The second kappa shape index (κ2) is 10.1. The Bertz CT molecular complexity index is 855. The van der Waals surface area contributed by atoms with Crippen molar-refractivity contribution in [3.8, 4) is 0 Å². The van der Waals surface area contributed by atoms with E-state index in [1.54, 1.807) is 6.92 Å². The Labute approximate surface area is 160 Å². The first-order valence-corrected chi connectivity index (χ1v) is 8.87. The van der Waals surface area contributed by atoms with Crippen molar-refractivity contribution in [2.24, 2.45) is 5.10 Å². The number of hydrogen-bond donors (Lipinski definition) is 2. The van der Waals surface area contributed by atoms with E-state index in [4.69, 9.17) is 0 Å². The van der Waals surface area contributed by atoms with Gasteiger partial charge < -0.3 is 5.32 Å². The van der Waals surface area contributed by atoms with Crippen LogP contribution < -0.4 is 10.7 Å². The first-order chi connectivity index (χ1) is 12.9. The molecule has 0 bridgehead atoms. The molecule has 0 aliphatic rings. The van der Waals surface area contributed by atoms with Crippen LogP contribution >= 0.6 is 0 Å². The number of amides is 2. The number of hydrogen-bond acceptors (Lipinski definition) is 3. The van der Waals surface area contributed by atoms with Crippen molar-refractivity contribution in [3.63, 3.8) is 0 Å². The molecule has 140 valence electrons. The van der Waals surface area contributed by atoms with E-state index in [-0.39, 0.29) is 24.7 Å². The van der Waals surface area contributed by atoms with Crippen molar-refractivity contribution in [2.45, 2.75) is 33.6 Å². The van der Waals surface area contributed by atoms with Gasteiger partial charge in [0.15, 0.2) is 0 Å². The minimum atomic E-state index is -0.293. The smallest absolute Gasteiger partial charge is 0.240 e. The molecule has 0 saturated carbocycles. The van der Waals surface area contributed by atoms with E-state index in [0.29, 0.717) is 5.71 Å². The maximum atomic E-state index is 12.0. The summed E-state index contributed by atoms with van der Waals surface area (Å²) in [4.78, 5) is 23.9. The van der Waals surface area contributed by atoms with Gasteiger partial charge in [-0.25, -0.2) is 5.43 Å². The summed E-state index contributed by atoms with van der Waals surface area (Å²) in [5, 5.41) is 6.87. The summed E-state index contributed by atoms with van der Waals surface area (Å²) in [7, 11) is 0. The number of rotatable bonds is 7. The van der Waals surface area contributed by atoms with Crippen LogP contribution in [-0.4, -0.2) is 17.5 Å². The summed E-state index contributed by atoms with van der Waals surface area (Å²) in [6.45, 7) is 5.70. The Morgan fingerprint density at radius 2 is 1.70 bits per heavy atom. The number of nitrogens with zero attached hydrogens (tertiary/aromatic N) is 1. The summed E-state index contributed by atoms with van der Waals surface area (Å²) in [6, 6.07) is 15.7. The molecule has 2 aromatic rings. The molecule has 0 saturated heterocycles. The topological polar surface area (TPSA) is 70.6 Å². The van der Waals surface area contributed by atoms with Gasteiger partial charge in [0.05, 0.1) is 5.71 Å². The fourth-order valence-electron chi connectivity index (χ4n) is 2.33. The minimum Gasteiger partial charge on any atom is -0.326 e. The number of benzene rings is 2. The molecule has 2 N–H and O–H groups in total. The Kier molecular flexibility index (Phi) is 7.49. The van der Waals surface area contributed by atoms with Crippen LogP contribution in [0.4, 0.5) is 5.69 Å². The van der Waals surface area contributed by atoms with Crippen molar-refractivity contribution in [1.82, 2.24) is 5.43 Å². The molecule has 0 spiro atoms. The number of carbonyl (C=O) groups excluding carboxylic acids is 2. The Balaban J connectivity index is 1.77. The van der Waals surface area contributed by atoms with E-state index in [9.17, 15) is 9.59 Å². The highest BCUT2D eigenvalue weighted by Gasteiger charge is 2.08. The molecular formula is C22H25N3O2. The van der Waals surface area contributed by atoms with E-state index in [0.717, 1.165) is 22.4 Å². The maximum Gasteiger partial charge on any atom is 0.240 e. The third-order valence-electron chi connectivity index (χ3n) is 3.92. The normalized spacial score (nSPS) is 11.4. The van der Waals surface area contributed by atoms with Crippen LogP contribution in [0.3, 0.4) is 0 Å². The van der Waals surface area contributed by atoms with Crippen LogP contribution in [0.25, 0.3) is 6.08 Å².